The number of carbonyl (C=O) groups is 4. The standard InChI is InChI=1S/C15H24N6O5/c1-9(13(24)25)7-19-11(22)8-21-12(23)10(20-15(21)26)3-2-4-16-14-17-5-6-18-14/h9-10H,2-8H2,1H3,(H,19,22)(H,20,26)(H,24,25)(H2,16,17,18). The molecule has 0 aliphatic carbocycles. The van der Waals surface area contributed by atoms with E-state index in [4.69, 9.17) is 5.11 Å². The third kappa shape index (κ3) is 5.33. The van der Waals surface area contributed by atoms with Gasteiger partial charge < -0.3 is 26.4 Å². The molecule has 2 heterocycles. The molecular weight excluding hydrogens is 344 g/mol. The number of hydrogen-bond acceptors (Lipinski definition) is 7. The van der Waals surface area contributed by atoms with Gasteiger partial charge in [0.25, 0.3) is 5.91 Å². The molecule has 4 amide bonds. The van der Waals surface area contributed by atoms with E-state index in [1.165, 1.54) is 6.92 Å². The smallest absolute Gasteiger partial charge is 0.325 e. The molecule has 0 aromatic carbocycles. The van der Waals surface area contributed by atoms with Gasteiger partial charge >= 0.3 is 12.0 Å². The molecule has 0 radical (unpaired) electrons. The van der Waals surface area contributed by atoms with Crippen molar-refractivity contribution in [2.45, 2.75) is 25.8 Å². The van der Waals surface area contributed by atoms with Crippen LogP contribution in [0.3, 0.4) is 0 Å². The quantitative estimate of drug-likeness (QED) is 0.235. The Balaban J connectivity index is 1.71. The highest BCUT2D eigenvalue weighted by Crippen LogP contribution is 2.10. The van der Waals surface area contributed by atoms with E-state index in [0.717, 1.165) is 23.9 Å². The Bertz CT molecular complexity index is 607. The molecule has 1 fully saturated rings. The zero-order valence-corrected chi connectivity index (χ0v) is 14.6. The summed E-state index contributed by atoms with van der Waals surface area (Å²) in [7, 11) is 0. The fourth-order valence-corrected chi connectivity index (χ4v) is 2.51. The number of carbonyl (C=O) groups excluding carboxylic acids is 3. The summed E-state index contributed by atoms with van der Waals surface area (Å²) < 4.78 is 0. The van der Waals surface area contributed by atoms with Gasteiger partial charge in [0.15, 0.2) is 5.96 Å². The predicted octanol–water partition coefficient (Wildman–Crippen LogP) is -1.93. The van der Waals surface area contributed by atoms with Crippen molar-refractivity contribution in [1.82, 2.24) is 26.2 Å². The first-order chi connectivity index (χ1) is 12.4. The molecule has 1 saturated heterocycles. The SMILES string of the molecule is CC(CNC(=O)CN1C(=O)NC(CCCNC2=NCCN2)C1=O)C(=O)O. The number of urea groups is 1. The van der Waals surface area contributed by atoms with Gasteiger partial charge in [-0.05, 0) is 12.8 Å². The summed E-state index contributed by atoms with van der Waals surface area (Å²) in [5, 5.41) is 19.9. The molecule has 2 rings (SSSR count). The number of carboxylic acids is 1. The van der Waals surface area contributed by atoms with Crippen molar-refractivity contribution in [1.29, 1.82) is 0 Å². The highest BCUT2D eigenvalue weighted by atomic mass is 16.4. The van der Waals surface area contributed by atoms with Crippen LogP contribution >= 0.6 is 0 Å². The number of aliphatic imine (C=N–C) groups is 1. The van der Waals surface area contributed by atoms with Crippen LogP contribution in [-0.2, 0) is 14.4 Å². The van der Waals surface area contributed by atoms with E-state index < -0.39 is 42.3 Å². The Morgan fingerprint density at radius 1 is 1.42 bits per heavy atom. The van der Waals surface area contributed by atoms with Gasteiger partial charge in [-0.1, -0.05) is 6.92 Å². The number of amides is 4. The molecule has 0 aromatic rings. The van der Waals surface area contributed by atoms with Crippen molar-refractivity contribution in [3.05, 3.63) is 0 Å². The first-order valence-electron chi connectivity index (χ1n) is 8.52. The molecule has 5 N–H and O–H groups in total. The molecule has 2 aliphatic heterocycles. The van der Waals surface area contributed by atoms with E-state index in [1.807, 2.05) is 0 Å². The van der Waals surface area contributed by atoms with E-state index in [2.05, 4.69) is 26.3 Å². The van der Waals surface area contributed by atoms with E-state index in [0.29, 0.717) is 19.4 Å². The summed E-state index contributed by atoms with van der Waals surface area (Å²) in [5.74, 6) is -2.07. The third-order valence-corrected chi connectivity index (χ3v) is 4.07. The van der Waals surface area contributed by atoms with Crippen LogP contribution in [0.25, 0.3) is 0 Å². The number of guanidine groups is 1. The van der Waals surface area contributed by atoms with Crippen LogP contribution in [0.15, 0.2) is 4.99 Å². The lowest BCUT2D eigenvalue weighted by Gasteiger charge is -2.14. The van der Waals surface area contributed by atoms with Crippen molar-refractivity contribution in [3.8, 4) is 0 Å². The number of aliphatic carboxylic acids is 1. The minimum atomic E-state index is -1.03. The molecule has 0 aromatic heterocycles. The summed E-state index contributed by atoms with van der Waals surface area (Å²) in [6, 6.07) is -1.27. The second kappa shape index (κ2) is 9.02. The average Bonchev–Trinajstić information content (AvgIpc) is 3.20. The van der Waals surface area contributed by atoms with E-state index in [1.54, 1.807) is 0 Å². The van der Waals surface area contributed by atoms with Gasteiger partial charge in [0.05, 0.1) is 12.5 Å². The molecule has 144 valence electrons. The Labute approximate surface area is 150 Å². The summed E-state index contributed by atoms with van der Waals surface area (Å²) >= 11 is 0. The first kappa shape index (κ1) is 19.5. The summed E-state index contributed by atoms with van der Waals surface area (Å²) in [5.41, 5.74) is 0. The Morgan fingerprint density at radius 3 is 2.85 bits per heavy atom. The van der Waals surface area contributed by atoms with Gasteiger partial charge in [-0.3, -0.25) is 24.3 Å². The minimum Gasteiger partial charge on any atom is -0.481 e. The Morgan fingerprint density at radius 2 is 2.19 bits per heavy atom. The minimum absolute atomic E-state index is 0.0646. The predicted molar refractivity (Wildman–Crippen MR) is 91.4 cm³/mol. The van der Waals surface area contributed by atoms with Crippen LogP contribution in [0.4, 0.5) is 4.79 Å². The second-order valence-electron chi connectivity index (χ2n) is 6.20. The monoisotopic (exact) mass is 368 g/mol. The van der Waals surface area contributed by atoms with Crippen LogP contribution in [0, 0.1) is 5.92 Å². The largest absolute Gasteiger partial charge is 0.481 e. The third-order valence-electron chi connectivity index (χ3n) is 4.07. The maximum absolute atomic E-state index is 12.3. The number of imide groups is 1. The Hall–Kier alpha value is -2.85. The molecule has 2 atom stereocenters. The van der Waals surface area contributed by atoms with Crippen LogP contribution < -0.4 is 21.3 Å². The molecular formula is C15H24N6O5. The lowest BCUT2D eigenvalue weighted by Crippen LogP contribution is -2.42. The van der Waals surface area contributed by atoms with Crippen LogP contribution in [0.5, 0.6) is 0 Å². The number of hydrogen-bond donors (Lipinski definition) is 5. The van der Waals surface area contributed by atoms with Crippen LogP contribution in [-0.4, -0.2) is 78.5 Å². The van der Waals surface area contributed by atoms with Gasteiger partial charge in [-0.2, -0.15) is 0 Å². The first-order valence-corrected chi connectivity index (χ1v) is 8.52. The van der Waals surface area contributed by atoms with E-state index in [9.17, 15) is 19.2 Å². The average molecular weight is 368 g/mol. The summed E-state index contributed by atoms with van der Waals surface area (Å²) in [6.45, 7) is 3.12. The van der Waals surface area contributed by atoms with E-state index >= 15 is 0 Å². The fourth-order valence-electron chi connectivity index (χ4n) is 2.51. The van der Waals surface area contributed by atoms with Gasteiger partial charge in [0.2, 0.25) is 5.91 Å². The molecule has 2 unspecified atom stereocenters. The normalized spacial score (nSPS) is 20.3. The summed E-state index contributed by atoms with van der Waals surface area (Å²) in [6.07, 6.45) is 1.09. The van der Waals surface area contributed by atoms with Gasteiger partial charge in [-0.15, -0.1) is 0 Å². The van der Waals surface area contributed by atoms with Crippen molar-refractivity contribution < 1.29 is 24.3 Å². The van der Waals surface area contributed by atoms with Crippen molar-refractivity contribution in [2.75, 3.05) is 32.7 Å². The number of nitrogens with zero attached hydrogens (tertiary/aromatic N) is 2. The van der Waals surface area contributed by atoms with Crippen molar-refractivity contribution in [3.63, 3.8) is 0 Å². The lowest BCUT2D eigenvalue weighted by atomic mass is 10.1. The van der Waals surface area contributed by atoms with E-state index in [-0.39, 0.29) is 6.54 Å². The maximum Gasteiger partial charge on any atom is 0.325 e. The molecule has 2 aliphatic rings. The highest BCUT2D eigenvalue weighted by molar-refractivity contribution is 6.06. The number of nitrogens with one attached hydrogen (secondary N) is 4. The van der Waals surface area contributed by atoms with Gasteiger partial charge in [0.1, 0.15) is 12.6 Å². The molecule has 11 heteroatoms. The maximum atomic E-state index is 12.3. The molecule has 0 spiro atoms. The second-order valence-corrected chi connectivity index (χ2v) is 6.20. The fraction of sp³-hybridized carbons (Fsp3) is 0.667. The summed E-state index contributed by atoms with van der Waals surface area (Å²) in [4.78, 5) is 51.7. The van der Waals surface area contributed by atoms with Crippen LogP contribution in [0.1, 0.15) is 19.8 Å². The van der Waals surface area contributed by atoms with Crippen LogP contribution in [0.2, 0.25) is 0 Å². The molecule has 11 nitrogen and oxygen atoms in total. The zero-order chi connectivity index (χ0) is 19.1. The van der Waals surface area contributed by atoms with Crippen molar-refractivity contribution >= 4 is 29.8 Å². The molecule has 0 bridgehead atoms. The molecule has 26 heavy (non-hydrogen) atoms. The number of rotatable bonds is 9. The Kier molecular flexibility index (Phi) is 6.75. The highest BCUT2D eigenvalue weighted by Gasteiger charge is 2.38. The topological polar surface area (TPSA) is 152 Å². The number of carboxylic acid groups (broad SMARTS) is 1. The lowest BCUT2D eigenvalue weighted by molar-refractivity contribution is -0.141. The van der Waals surface area contributed by atoms with Gasteiger partial charge in [-0.25, -0.2) is 4.79 Å². The molecule has 0 saturated carbocycles. The van der Waals surface area contributed by atoms with Crippen molar-refractivity contribution in [2.24, 2.45) is 10.9 Å². The zero-order valence-electron chi connectivity index (χ0n) is 14.6. The van der Waals surface area contributed by atoms with Gasteiger partial charge in [0, 0.05) is 19.6 Å².